The summed E-state index contributed by atoms with van der Waals surface area (Å²) in [5, 5.41) is 12.2. The van der Waals surface area contributed by atoms with Crippen molar-refractivity contribution in [1.82, 2.24) is 9.88 Å². The number of rotatable bonds is 4. The largest absolute Gasteiger partial charge is 0.384 e. The van der Waals surface area contributed by atoms with Crippen LogP contribution >= 0.6 is 0 Å². The number of nitrogens with zero attached hydrogens (tertiary/aromatic N) is 1. The summed E-state index contributed by atoms with van der Waals surface area (Å²) in [5.41, 5.74) is 1.13. The predicted molar refractivity (Wildman–Crippen MR) is 70.9 cm³/mol. The van der Waals surface area contributed by atoms with E-state index in [-0.39, 0.29) is 18.0 Å². The van der Waals surface area contributed by atoms with Crippen molar-refractivity contribution in [3.63, 3.8) is 0 Å². The molecular formula is C13H12N2O4S. The lowest BCUT2D eigenvalue weighted by Gasteiger charge is -2.05. The van der Waals surface area contributed by atoms with Gasteiger partial charge in [-0.2, -0.15) is 0 Å². The van der Waals surface area contributed by atoms with E-state index < -0.39 is 10.0 Å². The first-order valence-corrected chi connectivity index (χ1v) is 7.19. The first kappa shape index (κ1) is 14.3. The standard InChI is InChI=1S/C13H12N2O4S/c16-8-1-2-11-3-5-13(6-4-11)20(17,18)14-10-12-7-9-19-15-12/h3-7,9,14,16H,8,10H2. The van der Waals surface area contributed by atoms with Crippen LogP contribution in [-0.4, -0.2) is 25.3 Å². The highest BCUT2D eigenvalue weighted by Crippen LogP contribution is 2.10. The minimum atomic E-state index is -3.60. The second kappa shape index (κ2) is 6.34. The van der Waals surface area contributed by atoms with Crippen LogP contribution < -0.4 is 4.72 Å². The van der Waals surface area contributed by atoms with Crippen molar-refractivity contribution in [2.24, 2.45) is 0 Å². The summed E-state index contributed by atoms with van der Waals surface area (Å²) in [6.45, 7) is -0.176. The third kappa shape index (κ3) is 3.68. The highest BCUT2D eigenvalue weighted by atomic mass is 32.2. The topological polar surface area (TPSA) is 92.4 Å². The van der Waals surface area contributed by atoms with Gasteiger partial charge in [-0.1, -0.05) is 17.0 Å². The second-order valence-electron chi connectivity index (χ2n) is 3.80. The van der Waals surface area contributed by atoms with Crippen LogP contribution in [0, 0.1) is 11.8 Å². The fraction of sp³-hybridized carbons (Fsp3) is 0.154. The lowest BCUT2D eigenvalue weighted by molar-refractivity contribution is 0.350. The SMILES string of the molecule is O=S(=O)(NCc1ccon1)c1ccc(C#CCO)cc1. The molecule has 1 aromatic heterocycles. The van der Waals surface area contributed by atoms with E-state index in [1.165, 1.54) is 18.4 Å². The molecule has 0 spiro atoms. The smallest absolute Gasteiger partial charge is 0.240 e. The van der Waals surface area contributed by atoms with Crippen molar-refractivity contribution < 1.29 is 18.0 Å². The first-order valence-electron chi connectivity index (χ1n) is 5.70. The number of benzene rings is 1. The third-order valence-corrected chi connectivity index (χ3v) is 3.83. The summed E-state index contributed by atoms with van der Waals surface area (Å²) < 4.78 is 31.0. The van der Waals surface area contributed by atoms with Crippen LogP contribution in [0.15, 0.2) is 46.0 Å². The highest BCUT2D eigenvalue weighted by molar-refractivity contribution is 7.89. The average molecular weight is 292 g/mol. The van der Waals surface area contributed by atoms with Crippen molar-refractivity contribution in [1.29, 1.82) is 0 Å². The molecule has 7 heteroatoms. The Morgan fingerprint density at radius 1 is 1.25 bits per heavy atom. The molecule has 0 atom stereocenters. The van der Waals surface area contributed by atoms with E-state index in [1.54, 1.807) is 18.2 Å². The van der Waals surface area contributed by atoms with Crippen LogP contribution in [0.4, 0.5) is 0 Å². The molecule has 0 saturated carbocycles. The zero-order chi connectivity index (χ0) is 14.4. The van der Waals surface area contributed by atoms with Crippen LogP contribution in [-0.2, 0) is 16.6 Å². The Labute approximate surface area is 116 Å². The Balaban J connectivity index is 2.09. The van der Waals surface area contributed by atoms with Crippen molar-refractivity contribution in [2.75, 3.05) is 6.61 Å². The van der Waals surface area contributed by atoms with Crippen molar-refractivity contribution in [3.8, 4) is 11.8 Å². The predicted octanol–water partition coefficient (Wildman–Crippen LogP) is 0.497. The maximum Gasteiger partial charge on any atom is 0.240 e. The first-order chi connectivity index (χ1) is 9.62. The van der Waals surface area contributed by atoms with Crippen LogP contribution in [0.3, 0.4) is 0 Å². The molecule has 0 amide bonds. The van der Waals surface area contributed by atoms with Crippen LogP contribution in [0.2, 0.25) is 0 Å². The van der Waals surface area contributed by atoms with Gasteiger partial charge in [0.25, 0.3) is 0 Å². The van der Waals surface area contributed by atoms with Gasteiger partial charge in [0.05, 0.1) is 17.1 Å². The molecule has 20 heavy (non-hydrogen) atoms. The second-order valence-corrected chi connectivity index (χ2v) is 5.57. The summed E-state index contributed by atoms with van der Waals surface area (Å²) in [6, 6.07) is 7.63. The molecule has 1 aromatic carbocycles. The summed E-state index contributed by atoms with van der Waals surface area (Å²) in [6.07, 6.45) is 1.37. The molecule has 104 valence electrons. The number of hydrogen-bond acceptors (Lipinski definition) is 5. The molecule has 0 unspecified atom stereocenters. The van der Waals surface area contributed by atoms with E-state index in [0.717, 1.165) is 0 Å². The Bertz CT molecular complexity index is 710. The van der Waals surface area contributed by atoms with E-state index in [2.05, 4.69) is 26.2 Å². The quantitative estimate of drug-likeness (QED) is 0.800. The number of sulfonamides is 1. The minimum absolute atomic E-state index is 0.0604. The summed E-state index contributed by atoms with van der Waals surface area (Å²) in [4.78, 5) is 0.135. The van der Waals surface area contributed by atoms with Crippen LogP contribution in [0.25, 0.3) is 0 Å². The molecule has 6 nitrogen and oxygen atoms in total. The monoisotopic (exact) mass is 292 g/mol. The normalized spacial score (nSPS) is 10.8. The molecule has 0 radical (unpaired) electrons. The molecule has 2 N–H and O–H groups in total. The fourth-order valence-electron chi connectivity index (χ4n) is 1.44. The van der Waals surface area contributed by atoms with Gasteiger partial charge in [0.15, 0.2) is 0 Å². The number of aliphatic hydroxyl groups is 1. The van der Waals surface area contributed by atoms with Gasteiger partial charge in [-0.05, 0) is 24.3 Å². The van der Waals surface area contributed by atoms with Gasteiger partial charge < -0.3 is 9.63 Å². The zero-order valence-electron chi connectivity index (χ0n) is 10.4. The van der Waals surface area contributed by atoms with Gasteiger partial charge in [0.2, 0.25) is 10.0 Å². The lowest BCUT2D eigenvalue weighted by Crippen LogP contribution is -2.23. The summed E-state index contributed by atoms with van der Waals surface area (Å²) >= 11 is 0. The van der Waals surface area contributed by atoms with E-state index in [4.69, 9.17) is 5.11 Å². The number of aromatic nitrogens is 1. The average Bonchev–Trinajstić information content (AvgIpc) is 2.97. The molecule has 2 aromatic rings. The van der Waals surface area contributed by atoms with E-state index in [9.17, 15) is 8.42 Å². The minimum Gasteiger partial charge on any atom is -0.384 e. The van der Waals surface area contributed by atoms with Gasteiger partial charge in [0.1, 0.15) is 12.9 Å². The number of hydrogen-bond donors (Lipinski definition) is 2. The Kier molecular flexibility index (Phi) is 4.53. The maximum atomic E-state index is 12.0. The Morgan fingerprint density at radius 2 is 2.00 bits per heavy atom. The molecule has 0 aliphatic rings. The van der Waals surface area contributed by atoms with Crippen molar-refractivity contribution >= 4 is 10.0 Å². The summed E-state index contributed by atoms with van der Waals surface area (Å²) in [5.74, 6) is 5.18. The van der Waals surface area contributed by atoms with Crippen molar-refractivity contribution in [2.45, 2.75) is 11.4 Å². The molecule has 2 rings (SSSR count). The van der Waals surface area contributed by atoms with Gasteiger partial charge in [-0.15, -0.1) is 0 Å². The molecular weight excluding hydrogens is 280 g/mol. The molecule has 1 heterocycles. The van der Waals surface area contributed by atoms with Crippen molar-refractivity contribution in [3.05, 3.63) is 47.9 Å². The molecule has 0 bridgehead atoms. The highest BCUT2D eigenvalue weighted by Gasteiger charge is 2.13. The van der Waals surface area contributed by atoms with Crippen LogP contribution in [0.5, 0.6) is 0 Å². The van der Waals surface area contributed by atoms with E-state index >= 15 is 0 Å². The maximum absolute atomic E-state index is 12.0. The van der Waals surface area contributed by atoms with Gasteiger partial charge in [-0.3, -0.25) is 0 Å². The lowest BCUT2D eigenvalue weighted by atomic mass is 10.2. The van der Waals surface area contributed by atoms with Gasteiger partial charge in [-0.25, -0.2) is 13.1 Å². The Hall–Kier alpha value is -2.14. The third-order valence-electron chi connectivity index (χ3n) is 2.41. The molecule has 0 aliphatic heterocycles. The molecule has 0 fully saturated rings. The van der Waals surface area contributed by atoms with Gasteiger partial charge >= 0.3 is 0 Å². The zero-order valence-corrected chi connectivity index (χ0v) is 11.2. The molecule has 0 aliphatic carbocycles. The molecule has 0 saturated heterocycles. The number of aliphatic hydroxyl groups excluding tert-OH is 1. The van der Waals surface area contributed by atoms with E-state index in [0.29, 0.717) is 11.3 Å². The fourth-order valence-corrected chi connectivity index (χ4v) is 2.44. The Morgan fingerprint density at radius 3 is 2.60 bits per heavy atom. The summed E-state index contributed by atoms with van der Waals surface area (Å²) in [7, 11) is -3.60. The van der Waals surface area contributed by atoms with Crippen LogP contribution in [0.1, 0.15) is 11.3 Å². The van der Waals surface area contributed by atoms with E-state index in [1.807, 2.05) is 0 Å². The van der Waals surface area contributed by atoms with Gasteiger partial charge in [0, 0.05) is 11.6 Å². The number of nitrogens with one attached hydrogen (secondary N) is 1.